The normalized spacial score (nSPS) is 17.0. The molecule has 2 aromatic rings. The number of amides is 1. The largest absolute Gasteiger partial charge is 0.507 e. The first-order chi connectivity index (χ1) is 15.1. The van der Waals surface area contributed by atoms with Crippen molar-refractivity contribution in [1.29, 1.82) is 5.41 Å². The first-order valence-electron chi connectivity index (χ1n) is 10.8. The first-order valence-corrected chi connectivity index (χ1v) is 10.8. The molecule has 0 saturated heterocycles. The Balaban J connectivity index is 0.00000385. The molecule has 0 spiro atoms. The topological polar surface area (TPSA) is 120 Å². The Morgan fingerprint density at radius 2 is 1.88 bits per heavy atom. The van der Waals surface area contributed by atoms with Crippen LogP contribution in [0.15, 0.2) is 30.3 Å². The molecular formula is C25H33ClN4O3. The molecule has 0 saturated carbocycles. The van der Waals surface area contributed by atoms with Gasteiger partial charge in [0, 0.05) is 30.3 Å². The molecule has 1 atom stereocenters. The summed E-state index contributed by atoms with van der Waals surface area (Å²) >= 11 is 0. The highest BCUT2D eigenvalue weighted by atomic mass is 35.5. The molecule has 0 aliphatic carbocycles. The van der Waals surface area contributed by atoms with Crippen LogP contribution in [0, 0.1) is 26.2 Å². The standard InChI is InChI=1S/C25H32N4O3.ClH/c1-15-16(2)23-20(17(3)22(15)31)11-12-25(4,32-23)13-14-28-21(30)10-7-18-5-8-19(9-6-18)29-24(26)27;/h5-10,31H,11-14H2,1-4H3,(H,28,30)(H4,26,27,29);1H. The average molecular weight is 473 g/mol. The van der Waals surface area contributed by atoms with E-state index in [1.54, 1.807) is 18.2 Å². The number of fused-ring (bicyclic) bond motifs is 1. The number of benzene rings is 2. The SMILES string of the molecule is Cc1c(C)c2c(c(C)c1O)CCC(C)(CCNC(=O)C=Cc1ccc(NC(=N)N)cc1)O2.Cl. The summed E-state index contributed by atoms with van der Waals surface area (Å²) in [4.78, 5) is 12.2. The monoisotopic (exact) mass is 472 g/mol. The summed E-state index contributed by atoms with van der Waals surface area (Å²) in [5.41, 5.74) is 10.3. The van der Waals surface area contributed by atoms with Gasteiger partial charge < -0.3 is 26.2 Å². The summed E-state index contributed by atoms with van der Waals surface area (Å²) in [5.74, 6) is 0.951. The number of rotatable bonds is 6. The lowest BCUT2D eigenvalue weighted by Gasteiger charge is -2.38. The van der Waals surface area contributed by atoms with Crippen LogP contribution in [-0.4, -0.2) is 29.1 Å². The van der Waals surface area contributed by atoms with Crippen molar-refractivity contribution < 1.29 is 14.6 Å². The van der Waals surface area contributed by atoms with Crippen LogP contribution >= 0.6 is 12.4 Å². The van der Waals surface area contributed by atoms with E-state index in [0.29, 0.717) is 18.7 Å². The Morgan fingerprint density at radius 3 is 2.52 bits per heavy atom. The molecule has 3 rings (SSSR count). The third-order valence-corrected chi connectivity index (χ3v) is 6.16. The molecule has 1 unspecified atom stereocenters. The Morgan fingerprint density at radius 1 is 1.21 bits per heavy atom. The molecule has 8 heteroatoms. The van der Waals surface area contributed by atoms with Gasteiger partial charge in [-0.3, -0.25) is 10.2 Å². The van der Waals surface area contributed by atoms with Crippen LogP contribution in [0.5, 0.6) is 11.5 Å². The van der Waals surface area contributed by atoms with Crippen LogP contribution in [0.25, 0.3) is 6.08 Å². The molecule has 0 fully saturated rings. The van der Waals surface area contributed by atoms with Crippen LogP contribution in [0.3, 0.4) is 0 Å². The number of anilines is 1. The highest BCUT2D eigenvalue weighted by Gasteiger charge is 2.34. The zero-order valence-electron chi connectivity index (χ0n) is 19.5. The first kappa shape index (κ1) is 26.1. The van der Waals surface area contributed by atoms with Crippen molar-refractivity contribution in [3.63, 3.8) is 0 Å². The number of nitrogens with one attached hydrogen (secondary N) is 3. The van der Waals surface area contributed by atoms with E-state index in [2.05, 4.69) is 17.6 Å². The van der Waals surface area contributed by atoms with E-state index in [0.717, 1.165) is 52.1 Å². The average Bonchev–Trinajstić information content (AvgIpc) is 2.75. The number of aromatic hydroxyl groups is 1. The minimum absolute atomic E-state index is 0. The summed E-state index contributed by atoms with van der Waals surface area (Å²) in [5, 5.41) is 23.2. The number of phenols is 1. The molecule has 1 heterocycles. The lowest BCUT2D eigenvalue weighted by Crippen LogP contribution is -2.40. The molecule has 0 bridgehead atoms. The van der Waals surface area contributed by atoms with E-state index in [4.69, 9.17) is 15.9 Å². The molecule has 178 valence electrons. The maximum absolute atomic E-state index is 12.2. The van der Waals surface area contributed by atoms with E-state index in [1.807, 2.05) is 32.9 Å². The fourth-order valence-corrected chi connectivity index (χ4v) is 3.98. The van der Waals surface area contributed by atoms with Gasteiger partial charge in [-0.15, -0.1) is 12.4 Å². The number of carbonyl (C=O) groups excluding carboxylic acids is 1. The fraction of sp³-hybridized carbons (Fsp3) is 0.360. The third kappa shape index (κ3) is 6.20. The fourth-order valence-electron chi connectivity index (χ4n) is 3.98. The highest BCUT2D eigenvalue weighted by Crippen LogP contribution is 2.43. The quantitative estimate of drug-likeness (QED) is 0.243. The van der Waals surface area contributed by atoms with Gasteiger partial charge in [0.15, 0.2) is 5.96 Å². The van der Waals surface area contributed by atoms with Crippen LogP contribution in [0.4, 0.5) is 5.69 Å². The number of nitrogens with two attached hydrogens (primary N) is 1. The molecular weight excluding hydrogens is 440 g/mol. The lowest BCUT2D eigenvalue weighted by atomic mass is 9.85. The highest BCUT2D eigenvalue weighted by molar-refractivity contribution is 5.92. The molecule has 6 N–H and O–H groups in total. The zero-order valence-corrected chi connectivity index (χ0v) is 20.4. The van der Waals surface area contributed by atoms with Crippen molar-refractivity contribution >= 4 is 36.0 Å². The molecule has 7 nitrogen and oxygen atoms in total. The van der Waals surface area contributed by atoms with Gasteiger partial charge in [-0.05, 0) is 81.0 Å². The van der Waals surface area contributed by atoms with Crippen molar-refractivity contribution in [3.05, 3.63) is 58.2 Å². The second kappa shape index (κ2) is 10.6. The summed E-state index contributed by atoms with van der Waals surface area (Å²) in [7, 11) is 0. The Kier molecular flexibility index (Phi) is 8.39. The van der Waals surface area contributed by atoms with Gasteiger partial charge in [-0.1, -0.05) is 12.1 Å². The maximum Gasteiger partial charge on any atom is 0.244 e. The van der Waals surface area contributed by atoms with Gasteiger partial charge >= 0.3 is 0 Å². The van der Waals surface area contributed by atoms with Gasteiger partial charge in [-0.25, -0.2) is 0 Å². The summed E-state index contributed by atoms with van der Waals surface area (Å²) in [6.07, 6.45) is 5.61. The summed E-state index contributed by atoms with van der Waals surface area (Å²) in [6.45, 7) is 8.41. The minimum atomic E-state index is -0.371. The van der Waals surface area contributed by atoms with E-state index in [1.165, 1.54) is 6.08 Å². The Bertz CT molecular complexity index is 1070. The van der Waals surface area contributed by atoms with Crippen LogP contribution in [0.2, 0.25) is 0 Å². The predicted molar refractivity (Wildman–Crippen MR) is 136 cm³/mol. The molecule has 2 aromatic carbocycles. The zero-order chi connectivity index (χ0) is 23.5. The number of ether oxygens (including phenoxy) is 1. The van der Waals surface area contributed by atoms with Crippen LogP contribution < -0.4 is 21.1 Å². The van der Waals surface area contributed by atoms with Crippen molar-refractivity contribution in [2.75, 3.05) is 11.9 Å². The second-order valence-electron chi connectivity index (χ2n) is 8.62. The Hall–Kier alpha value is -3.19. The van der Waals surface area contributed by atoms with Crippen molar-refractivity contribution in [2.45, 2.75) is 52.6 Å². The second-order valence-corrected chi connectivity index (χ2v) is 8.62. The van der Waals surface area contributed by atoms with Crippen LogP contribution in [-0.2, 0) is 11.2 Å². The minimum Gasteiger partial charge on any atom is -0.507 e. The number of hydrogen-bond acceptors (Lipinski definition) is 4. The van der Waals surface area contributed by atoms with Crippen molar-refractivity contribution in [1.82, 2.24) is 5.32 Å². The van der Waals surface area contributed by atoms with Gasteiger partial charge in [0.2, 0.25) is 5.91 Å². The summed E-state index contributed by atoms with van der Waals surface area (Å²) < 4.78 is 6.41. The van der Waals surface area contributed by atoms with Crippen LogP contribution in [0.1, 0.15) is 47.6 Å². The van der Waals surface area contributed by atoms with E-state index in [9.17, 15) is 9.90 Å². The lowest BCUT2D eigenvalue weighted by molar-refractivity contribution is -0.116. The van der Waals surface area contributed by atoms with E-state index in [-0.39, 0.29) is 29.9 Å². The molecule has 0 radical (unpaired) electrons. The van der Waals surface area contributed by atoms with E-state index >= 15 is 0 Å². The molecule has 1 aliphatic heterocycles. The van der Waals surface area contributed by atoms with Gasteiger partial charge in [0.25, 0.3) is 0 Å². The smallest absolute Gasteiger partial charge is 0.244 e. The molecule has 33 heavy (non-hydrogen) atoms. The number of guanidine groups is 1. The number of halogens is 1. The van der Waals surface area contributed by atoms with Crippen molar-refractivity contribution in [3.8, 4) is 11.5 Å². The number of hydrogen-bond donors (Lipinski definition) is 5. The Labute approximate surface area is 201 Å². The third-order valence-electron chi connectivity index (χ3n) is 6.16. The van der Waals surface area contributed by atoms with Gasteiger partial charge in [0.1, 0.15) is 17.1 Å². The number of phenolic OH excluding ortho intramolecular Hbond substituents is 1. The molecule has 0 aromatic heterocycles. The summed E-state index contributed by atoms with van der Waals surface area (Å²) in [6, 6.07) is 7.27. The maximum atomic E-state index is 12.2. The van der Waals surface area contributed by atoms with Gasteiger partial charge in [-0.2, -0.15) is 0 Å². The predicted octanol–water partition coefficient (Wildman–Crippen LogP) is 4.35. The molecule has 1 aliphatic rings. The van der Waals surface area contributed by atoms with Gasteiger partial charge in [0.05, 0.1) is 0 Å². The van der Waals surface area contributed by atoms with E-state index < -0.39 is 0 Å². The molecule has 1 amide bonds. The number of carbonyl (C=O) groups is 1. The van der Waals surface area contributed by atoms with Crippen molar-refractivity contribution in [2.24, 2.45) is 5.73 Å².